The minimum absolute atomic E-state index is 0.102. The number of hydrogen-bond donors (Lipinski definition) is 3. The molecular formula is C68H132O17P2. The third-order valence-electron chi connectivity index (χ3n) is 16.3. The Bertz CT molecular complexity index is 1730. The number of carbonyl (C=O) groups is 4. The number of ether oxygens (including phenoxy) is 4. The van der Waals surface area contributed by atoms with Gasteiger partial charge in [0, 0.05) is 25.7 Å². The molecule has 0 aliphatic rings. The molecule has 0 aromatic rings. The quantitative estimate of drug-likeness (QED) is 0.0222. The van der Waals surface area contributed by atoms with E-state index in [1.807, 2.05) is 0 Å². The molecular weight excluding hydrogens is 1150 g/mol. The second-order valence-electron chi connectivity index (χ2n) is 26.0. The first-order valence-corrected chi connectivity index (χ1v) is 38.3. The monoisotopic (exact) mass is 1280 g/mol. The van der Waals surface area contributed by atoms with E-state index in [0.29, 0.717) is 31.6 Å². The van der Waals surface area contributed by atoms with Gasteiger partial charge >= 0.3 is 39.5 Å². The molecule has 5 unspecified atom stereocenters. The summed E-state index contributed by atoms with van der Waals surface area (Å²) < 4.78 is 68.1. The minimum atomic E-state index is -4.95. The number of rotatable bonds is 65. The summed E-state index contributed by atoms with van der Waals surface area (Å²) in [6.45, 7) is 14.0. The third kappa shape index (κ3) is 60.1. The number of aliphatic hydroxyl groups is 1. The number of hydrogen-bond acceptors (Lipinski definition) is 15. The van der Waals surface area contributed by atoms with Crippen LogP contribution < -0.4 is 0 Å². The average Bonchev–Trinajstić information content (AvgIpc) is 3.68. The molecule has 0 saturated carbocycles. The van der Waals surface area contributed by atoms with Gasteiger partial charge in [-0.15, -0.1) is 0 Å². The SMILES string of the molecule is CCC(C)CCCCCCCCC(=O)O[C@H](COC(=O)CCCCCCCCCCCCCCCCC(C)C)COP(=O)(O)OCC(O)COP(=O)(O)OC[C@@H](COC(=O)CCCCCCCCCC(C)C)OC(=O)CCCCCCCCC(C)CC. The van der Waals surface area contributed by atoms with Crippen LogP contribution in [0.15, 0.2) is 0 Å². The summed E-state index contributed by atoms with van der Waals surface area (Å²) >= 11 is 0. The number of carbonyl (C=O) groups excluding carboxylic acids is 4. The number of aliphatic hydroxyl groups excluding tert-OH is 1. The maximum absolute atomic E-state index is 13.0. The highest BCUT2D eigenvalue weighted by Crippen LogP contribution is 2.45. The molecule has 516 valence electrons. The maximum atomic E-state index is 13.0. The third-order valence-corrected chi connectivity index (χ3v) is 18.2. The fourth-order valence-corrected chi connectivity index (χ4v) is 11.7. The lowest BCUT2D eigenvalue weighted by atomic mass is 10.00. The predicted molar refractivity (Wildman–Crippen MR) is 349 cm³/mol. The van der Waals surface area contributed by atoms with Crippen molar-refractivity contribution in [2.45, 2.75) is 350 Å². The fourth-order valence-electron chi connectivity index (χ4n) is 10.1. The molecule has 0 saturated heterocycles. The smallest absolute Gasteiger partial charge is 0.462 e. The molecule has 0 aromatic carbocycles. The summed E-state index contributed by atoms with van der Waals surface area (Å²) in [6.07, 6.45) is 39.2. The molecule has 0 aromatic heterocycles. The number of phosphoric ester groups is 2. The standard InChI is InChI=1S/C68H132O17P2/c1-9-60(7)46-38-30-24-26-34-42-50-67(72)84-63(54-78-65(70)48-40-32-22-18-16-14-12-11-13-15-17-20-28-36-44-58(3)4)56-82-86(74,75)80-52-62(69)53-81-87(76,77)83-57-64(85-68(73)51-43-35-27-25-31-39-47-61(8)10-2)55-79-66(71)49-41-33-23-19-21-29-37-45-59(5)6/h58-64,69H,9-57H2,1-8H3,(H,74,75)(H,76,77)/t60?,61?,62?,63-,64-/m1/s1. The fraction of sp³-hybridized carbons (Fsp3) is 0.941. The van der Waals surface area contributed by atoms with E-state index in [2.05, 4.69) is 55.4 Å². The van der Waals surface area contributed by atoms with E-state index in [1.54, 1.807) is 0 Å². The topological polar surface area (TPSA) is 237 Å². The Labute approximate surface area is 530 Å². The summed E-state index contributed by atoms with van der Waals surface area (Å²) in [5, 5.41) is 10.6. The van der Waals surface area contributed by atoms with Gasteiger partial charge in [-0.3, -0.25) is 37.3 Å². The molecule has 0 rings (SSSR count). The van der Waals surface area contributed by atoms with E-state index in [0.717, 1.165) is 114 Å². The van der Waals surface area contributed by atoms with Crippen molar-refractivity contribution in [3.05, 3.63) is 0 Å². The molecule has 19 heteroatoms. The van der Waals surface area contributed by atoms with E-state index in [9.17, 15) is 43.2 Å². The number of unbranched alkanes of at least 4 members (excludes halogenated alkanes) is 29. The van der Waals surface area contributed by atoms with Crippen LogP contribution in [-0.2, 0) is 65.4 Å². The van der Waals surface area contributed by atoms with Crippen molar-refractivity contribution < 1.29 is 80.2 Å². The lowest BCUT2D eigenvalue weighted by Crippen LogP contribution is -2.30. The predicted octanol–water partition coefficient (Wildman–Crippen LogP) is 18.9. The Morgan fingerprint density at radius 3 is 0.816 bits per heavy atom. The van der Waals surface area contributed by atoms with Crippen LogP contribution >= 0.6 is 15.6 Å². The molecule has 0 amide bonds. The van der Waals surface area contributed by atoms with E-state index in [1.165, 1.54) is 128 Å². The van der Waals surface area contributed by atoms with E-state index in [4.69, 9.17) is 37.0 Å². The molecule has 0 aliphatic heterocycles. The summed E-state index contributed by atoms with van der Waals surface area (Å²) in [5.74, 6) is 0.806. The van der Waals surface area contributed by atoms with Gasteiger partial charge in [0.15, 0.2) is 12.2 Å². The average molecular weight is 1280 g/mol. The van der Waals surface area contributed by atoms with Gasteiger partial charge in [0.25, 0.3) is 0 Å². The maximum Gasteiger partial charge on any atom is 0.472 e. The minimum Gasteiger partial charge on any atom is -0.462 e. The second-order valence-corrected chi connectivity index (χ2v) is 28.9. The summed E-state index contributed by atoms with van der Waals surface area (Å²) in [5.41, 5.74) is 0. The van der Waals surface area contributed by atoms with E-state index >= 15 is 0 Å². The lowest BCUT2D eigenvalue weighted by Gasteiger charge is -2.21. The van der Waals surface area contributed by atoms with Crippen LogP contribution in [0, 0.1) is 23.7 Å². The highest BCUT2D eigenvalue weighted by molar-refractivity contribution is 7.47. The molecule has 0 aliphatic carbocycles. The molecule has 17 nitrogen and oxygen atoms in total. The van der Waals surface area contributed by atoms with Gasteiger partial charge in [-0.05, 0) is 49.4 Å². The zero-order valence-corrected chi connectivity index (χ0v) is 58.4. The van der Waals surface area contributed by atoms with Gasteiger partial charge in [0.1, 0.15) is 19.3 Å². The van der Waals surface area contributed by atoms with Gasteiger partial charge in [-0.2, -0.15) is 0 Å². The molecule has 0 heterocycles. The van der Waals surface area contributed by atoms with E-state index < -0.39 is 97.5 Å². The zero-order valence-electron chi connectivity index (χ0n) is 56.6. The van der Waals surface area contributed by atoms with Gasteiger partial charge in [-0.1, -0.05) is 280 Å². The van der Waals surface area contributed by atoms with Crippen molar-refractivity contribution in [3.8, 4) is 0 Å². The van der Waals surface area contributed by atoms with Crippen molar-refractivity contribution in [1.29, 1.82) is 0 Å². The second kappa shape index (κ2) is 57.9. The number of esters is 4. The first-order valence-electron chi connectivity index (χ1n) is 35.3. The molecule has 3 N–H and O–H groups in total. The van der Waals surface area contributed by atoms with E-state index in [-0.39, 0.29) is 25.7 Å². The van der Waals surface area contributed by atoms with Crippen LogP contribution in [0.25, 0.3) is 0 Å². The van der Waals surface area contributed by atoms with Crippen LogP contribution in [0.2, 0.25) is 0 Å². The van der Waals surface area contributed by atoms with Gasteiger partial charge in [0.05, 0.1) is 26.4 Å². The summed E-state index contributed by atoms with van der Waals surface area (Å²) in [7, 11) is -9.90. The molecule has 0 radical (unpaired) electrons. The summed E-state index contributed by atoms with van der Waals surface area (Å²) in [6, 6.07) is 0. The van der Waals surface area contributed by atoms with Crippen LogP contribution in [-0.4, -0.2) is 96.7 Å². The van der Waals surface area contributed by atoms with Gasteiger partial charge in [0.2, 0.25) is 0 Å². The van der Waals surface area contributed by atoms with Gasteiger partial charge < -0.3 is 33.8 Å². The van der Waals surface area contributed by atoms with Crippen molar-refractivity contribution >= 4 is 39.5 Å². The Morgan fingerprint density at radius 2 is 0.552 bits per heavy atom. The molecule has 7 atom stereocenters. The van der Waals surface area contributed by atoms with Crippen molar-refractivity contribution in [2.75, 3.05) is 39.6 Å². The molecule has 87 heavy (non-hydrogen) atoms. The first kappa shape index (κ1) is 85.1. The highest BCUT2D eigenvalue weighted by atomic mass is 31.2. The molecule has 0 fully saturated rings. The molecule has 0 bridgehead atoms. The van der Waals surface area contributed by atoms with Crippen LogP contribution in [0.1, 0.15) is 331 Å². The summed E-state index contributed by atoms with van der Waals surface area (Å²) in [4.78, 5) is 72.4. The largest absolute Gasteiger partial charge is 0.472 e. The zero-order chi connectivity index (χ0) is 64.7. The van der Waals surface area contributed by atoms with Gasteiger partial charge in [-0.25, -0.2) is 9.13 Å². The highest BCUT2D eigenvalue weighted by Gasteiger charge is 2.30. The molecule has 0 spiro atoms. The Kier molecular flexibility index (Phi) is 56.6. The lowest BCUT2D eigenvalue weighted by molar-refractivity contribution is -0.161. The number of phosphoric acid groups is 2. The normalized spacial score (nSPS) is 15.0. The van der Waals surface area contributed by atoms with Crippen LogP contribution in [0.4, 0.5) is 0 Å². The van der Waals surface area contributed by atoms with Crippen molar-refractivity contribution in [3.63, 3.8) is 0 Å². The van der Waals surface area contributed by atoms with Crippen molar-refractivity contribution in [1.82, 2.24) is 0 Å². The van der Waals surface area contributed by atoms with Crippen molar-refractivity contribution in [2.24, 2.45) is 23.7 Å². The Hall–Kier alpha value is -1.94. The van der Waals surface area contributed by atoms with Crippen LogP contribution in [0.3, 0.4) is 0 Å². The van der Waals surface area contributed by atoms with Crippen LogP contribution in [0.5, 0.6) is 0 Å². The Morgan fingerprint density at radius 1 is 0.322 bits per heavy atom. The first-order chi connectivity index (χ1) is 41.7. The Balaban J connectivity index is 5.20.